The maximum absolute atomic E-state index is 12.7. The Labute approximate surface area is 134 Å². The molecule has 4 nitrogen and oxygen atoms in total. The van der Waals surface area contributed by atoms with E-state index in [1.165, 1.54) is 15.6 Å². The van der Waals surface area contributed by atoms with Gasteiger partial charge in [-0.25, -0.2) is 8.42 Å². The predicted molar refractivity (Wildman–Crippen MR) is 84.9 cm³/mol. The number of hydrogen-bond acceptors (Lipinski definition) is 4. The van der Waals surface area contributed by atoms with E-state index in [2.05, 4.69) is 31.9 Å². The lowest BCUT2D eigenvalue weighted by Gasteiger charge is -2.28. The van der Waals surface area contributed by atoms with Gasteiger partial charge in [0.1, 0.15) is 4.90 Å². The number of hydrogen-bond donors (Lipinski definition) is 1. The fourth-order valence-electron chi connectivity index (χ4n) is 2.61. The summed E-state index contributed by atoms with van der Waals surface area (Å²) >= 11 is 8.00. The highest BCUT2D eigenvalue weighted by Gasteiger charge is 2.37. The zero-order valence-electron chi connectivity index (χ0n) is 10.5. The van der Waals surface area contributed by atoms with E-state index < -0.39 is 10.0 Å². The van der Waals surface area contributed by atoms with E-state index in [1.807, 2.05) is 0 Å². The molecule has 0 radical (unpaired) electrons. The second-order valence-corrected chi connectivity index (χ2v) is 10.4. The molecule has 2 N–H and O–H groups in total. The van der Waals surface area contributed by atoms with Crippen LogP contribution in [0.4, 0.5) is 0 Å². The number of nitrogens with zero attached hydrogens (tertiary/aromatic N) is 1. The molecule has 1 aromatic heterocycles. The van der Waals surface area contributed by atoms with Gasteiger partial charge in [-0.15, -0.1) is 11.3 Å². The van der Waals surface area contributed by atoms with E-state index in [-0.39, 0.29) is 12.0 Å². The molecule has 1 aliphatic rings. The molecule has 0 aliphatic heterocycles. The molecule has 0 amide bonds. The highest BCUT2D eigenvalue weighted by atomic mass is 79.9. The van der Waals surface area contributed by atoms with Crippen LogP contribution in [-0.2, 0) is 10.0 Å². The third-order valence-electron chi connectivity index (χ3n) is 3.67. The van der Waals surface area contributed by atoms with Gasteiger partial charge in [0.05, 0.1) is 7.57 Å². The quantitative estimate of drug-likeness (QED) is 0.796. The molecule has 0 bridgehead atoms. The summed E-state index contributed by atoms with van der Waals surface area (Å²) in [4.78, 5) is 0.328. The molecule has 19 heavy (non-hydrogen) atoms. The van der Waals surface area contributed by atoms with Crippen LogP contribution in [0.25, 0.3) is 0 Å². The van der Waals surface area contributed by atoms with Crippen molar-refractivity contribution >= 4 is 53.2 Å². The van der Waals surface area contributed by atoms with Gasteiger partial charge in [-0.05, 0) is 63.2 Å². The van der Waals surface area contributed by atoms with E-state index >= 15 is 0 Å². The van der Waals surface area contributed by atoms with Crippen LogP contribution in [0.3, 0.4) is 0 Å². The monoisotopic (exact) mass is 430 g/mol. The van der Waals surface area contributed by atoms with Crippen molar-refractivity contribution in [1.29, 1.82) is 0 Å². The zero-order chi connectivity index (χ0) is 14.2. The molecule has 0 spiro atoms. The normalized spacial score (nSPS) is 24.3. The summed E-state index contributed by atoms with van der Waals surface area (Å²) in [6.07, 6.45) is 2.94. The van der Waals surface area contributed by atoms with Gasteiger partial charge in [0, 0.05) is 13.1 Å². The van der Waals surface area contributed by atoms with Crippen molar-refractivity contribution in [2.75, 3.05) is 13.6 Å². The molecular weight excluding hydrogens is 416 g/mol. The lowest BCUT2D eigenvalue weighted by atomic mass is 10.0. The minimum atomic E-state index is -3.46. The van der Waals surface area contributed by atoms with Crippen LogP contribution < -0.4 is 5.73 Å². The van der Waals surface area contributed by atoms with Crippen LogP contribution in [0, 0.1) is 5.92 Å². The van der Waals surface area contributed by atoms with Crippen molar-refractivity contribution in [3.8, 4) is 0 Å². The highest BCUT2D eigenvalue weighted by molar-refractivity contribution is 9.12. The van der Waals surface area contributed by atoms with Crippen molar-refractivity contribution in [2.24, 2.45) is 11.7 Å². The minimum absolute atomic E-state index is 0.0144. The van der Waals surface area contributed by atoms with Gasteiger partial charge in [0.25, 0.3) is 0 Å². The van der Waals surface area contributed by atoms with Crippen molar-refractivity contribution < 1.29 is 8.42 Å². The Morgan fingerprint density at radius 1 is 1.47 bits per heavy atom. The van der Waals surface area contributed by atoms with E-state index in [4.69, 9.17) is 5.73 Å². The van der Waals surface area contributed by atoms with Gasteiger partial charge in [0.15, 0.2) is 0 Å². The first-order valence-corrected chi connectivity index (χ1v) is 9.85. The summed E-state index contributed by atoms with van der Waals surface area (Å²) in [7, 11) is -1.81. The van der Waals surface area contributed by atoms with Gasteiger partial charge in [-0.3, -0.25) is 0 Å². The first kappa shape index (κ1) is 15.9. The molecular formula is C11H16Br2N2O2S2. The molecule has 1 aliphatic carbocycles. The maximum Gasteiger partial charge on any atom is 0.245 e. The Morgan fingerprint density at radius 2 is 2.16 bits per heavy atom. The van der Waals surface area contributed by atoms with Gasteiger partial charge < -0.3 is 5.73 Å². The molecule has 0 saturated heterocycles. The Morgan fingerprint density at radius 3 is 2.68 bits per heavy atom. The minimum Gasteiger partial charge on any atom is -0.330 e. The van der Waals surface area contributed by atoms with Crippen molar-refractivity contribution in [2.45, 2.75) is 30.2 Å². The molecule has 108 valence electrons. The average Bonchev–Trinajstić information content (AvgIpc) is 2.94. The molecule has 8 heteroatoms. The van der Waals surface area contributed by atoms with Crippen LogP contribution in [0.2, 0.25) is 0 Å². The van der Waals surface area contributed by atoms with E-state index in [0.717, 1.165) is 23.0 Å². The van der Waals surface area contributed by atoms with Crippen LogP contribution in [0.1, 0.15) is 19.3 Å². The van der Waals surface area contributed by atoms with Gasteiger partial charge >= 0.3 is 0 Å². The molecule has 1 fully saturated rings. The molecule has 2 rings (SSSR count). The third kappa shape index (κ3) is 3.08. The van der Waals surface area contributed by atoms with Crippen LogP contribution >= 0.6 is 43.2 Å². The van der Waals surface area contributed by atoms with E-state index in [1.54, 1.807) is 13.1 Å². The first-order chi connectivity index (χ1) is 8.87. The van der Waals surface area contributed by atoms with E-state index in [9.17, 15) is 8.42 Å². The summed E-state index contributed by atoms with van der Waals surface area (Å²) < 4.78 is 28.2. The Kier molecular flexibility index (Phi) is 5.12. The summed E-state index contributed by atoms with van der Waals surface area (Å²) in [6.45, 7) is 0.541. The Bertz CT molecular complexity index is 559. The van der Waals surface area contributed by atoms with Crippen LogP contribution in [0.5, 0.6) is 0 Å². The third-order valence-corrected chi connectivity index (χ3v) is 8.31. The molecule has 2 atom stereocenters. The van der Waals surface area contributed by atoms with Gasteiger partial charge in [-0.2, -0.15) is 4.31 Å². The van der Waals surface area contributed by atoms with Crippen LogP contribution in [0.15, 0.2) is 18.5 Å². The van der Waals surface area contributed by atoms with Gasteiger partial charge in [0.2, 0.25) is 10.0 Å². The SMILES string of the molecule is CN(C1CCCC1CN)S(=O)(=O)c1cc(Br)sc1Br. The summed E-state index contributed by atoms with van der Waals surface area (Å²) in [5.74, 6) is 0.264. The highest BCUT2D eigenvalue weighted by Crippen LogP contribution is 2.38. The topological polar surface area (TPSA) is 63.4 Å². The largest absolute Gasteiger partial charge is 0.330 e. The fourth-order valence-corrected chi connectivity index (χ4v) is 7.81. The first-order valence-electron chi connectivity index (χ1n) is 6.01. The molecule has 0 aromatic carbocycles. The average molecular weight is 432 g/mol. The fraction of sp³-hybridized carbons (Fsp3) is 0.636. The van der Waals surface area contributed by atoms with Gasteiger partial charge in [-0.1, -0.05) is 6.42 Å². The van der Waals surface area contributed by atoms with Crippen molar-refractivity contribution in [1.82, 2.24) is 4.31 Å². The number of sulfonamides is 1. The smallest absolute Gasteiger partial charge is 0.245 e. The predicted octanol–water partition coefficient (Wildman–Crippen LogP) is 3.02. The lowest BCUT2D eigenvalue weighted by molar-refractivity contribution is 0.304. The Balaban J connectivity index is 2.31. The number of nitrogens with two attached hydrogens (primary N) is 1. The number of thiophene rings is 1. The zero-order valence-corrected chi connectivity index (χ0v) is 15.3. The van der Waals surface area contributed by atoms with Crippen LogP contribution in [-0.4, -0.2) is 32.4 Å². The lowest BCUT2D eigenvalue weighted by Crippen LogP contribution is -2.41. The summed E-state index contributed by atoms with van der Waals surface area (Å²) in [5.41, 5.74) is 5.74. The summed E-state index contributed by atoms with van der Waals surface area (Å²) in [5, 5.41) is 0. The number of halogens is 2. The Hall–Kier alpha value is 0.530. The maximum atomic E-state index is 12.7. The van der Waals surface area contributed by atoms with Crippen molar-refractivity contribution in [3.05, 3.63) is 13.6 Å². The molecule has 1 aromatic rings. The standard InChI is InChI=1S/C11H16Br2N2O2S2/c1-15(8-4-2-3-7(8)6-14)19(16,17)9-5-10(12)18-11(9)13/h5,7-8H,2-4,6,14H2,1H3. The molecule has 1 heterocycles. The molecule has 2 unspecified atom stereocenters. The van der Waals surface area contributed by atoms with Crippen molar-refractivity contribution in [3.63, 3.8) is 0 Å². The second-order valence-electron chi connectivity index (χ2n) is 4.70. The number of rotatable bonds is 4. The van der Waals surface area contributed by atoms with E-state index in [0.29, 0.717) is 15.2 Å². The second kappa shape index (κ2) is 6.11. The molecule has 1 saturated carbocycles. The summed E-state index contributed by atoms with van der Waals surface area (Å²) in [6, 6.07) is 1.66.